The van der Waals surface area contributed by atoms with Crippen LogP contribution in [0.5, 0.6) is 0 Å². The number of para-hydroxylation sites is 1. The van der Waals surface area contributed by atoms with Crippen molar-refractivity contribution >= 4 is 92.4 Å². The third-order valence-corrected chi connectivity index (χ3v) is 12.4. The van der Waals surface area contributed by atoms with Crippen LogP contribution < -0.4 is 4.90 Å². The molecule has 0 N–H and O–H groups in total. The zero-order chi connectivity index (χ0) is 38.2. The number of thiophene rings is 1. The second kappa shape index (κ2) is 13.1. The molecule has 3 aromatic heterocycles. The Labute approximate surface area is 337 Å². The van der Waals surface area contributed by atoms with Crippen LogP contribution in [0.4, 0.5) is 17.1 Å². The van der Waals surface area contributed by atoms with E-state index in [1.165, 1.54) is 31.3 Å². The van der Waals surface area contributed by atoms with Gasteiger partial charge in [-0.1, -0.05) is 133 Å². The number of benzene rings is 9. The van der Waals surface area contributed by atoms with Crippen LogP contribution >= 0.6 is 11.3 Å². The molecule has 0 aliphatic rings. The fourth-order valence-corrected chi connectivity index (χ4v) is 9.76. The van der Waals surface area contributed by atoms with E-state index in [0.29, 0.717) is 5.89 Å². The number of rotatable bonds is 6. The molecule has 0 fully saturated rings. The monoisotopic (exact) mass is 760 g/mol. The van der Waals surface area contributed by atoms with Gasteiger partial charge in [-0.05, 0) is 88.1 Å². The van der Waals surface area contributed by atoms with Gasteiger partial charge < -0.3 is 13.7 Å². The number of oxazole rings is 1. The zero-order valence-electron chi connectivity index (χ0n) is 31.1. The van der Waals surface area contributed by atoms with Gasteiger partial charge in [-0.3, -0.25) is 0 Å². The minimum Gasteiger partial charge on any atom is -0.454 e. The summed E-state index contributed by atoms with van der Waals surface area (Å²) in [6.45, 7) is 0. The average molecular weight is 761 g/mol. The lowest BCUT2D eigenvalue weighted by Crippen LogP contribution is -2.10. The van der Waals surface area contributed by atoms with Crippen molar-refractivity contribution in [3.63, 3.8) is 0 Å². The molecule has 0 amide bonds. The van der Waals surface area contributed by atoms with Gasteiger partial charge in [-0.2, -0.15) is 0 Å². The molecule has 5 heteroatoms. The summed E-state index contributed by atoms with van der Waals surface area (Å²) in [5, 5.41) is 6.91. The van der Waals surface area contributed by atoms with E-state index in [-0.39, 0.29) is 0 Å². The molecule has 12 aromatic rings. The summed E-state index contributed by atoms with van der Waals surface area (Å²) in [5.74, 6) is 0.601. The Bertz CT molecular complexity index is 3510. The van der Waals surface area contributed by atoms with E-state index in [1.54, 1.807) is 0 Å². The van der Waals surface area contributed by atoms with Crippen molar-refractivity contribution in [3.05, 3.63) is 194 Å². The maximum absolute atomic E-state index is 7.11. The van der Waals surface area contributed by atoms with Crippen LogP contribution in [0.25, 0.3) is 97.7 Å². The molecule has 0 aliphatic carbocycles. The van der Waals surface area contributed by atoms with E-state index < -0.39 is 0 Å². The summed E-state index contributed by atoms with van der Waals surface area (Å²) >= 11 is 1.83. The van der Waals surface area contributed by atoms with Crippen LogP contribution in [-0.2, 0) is 0 Å². The third-order valence-electron chi connectivity index (χ3n) is 11.3. The zero-order valence-corrected chi connectivity index (χ0v) is 31.9. The Morgan fingerprint density at radius 2 is 1.09 bits per heavy atom. The van der Waals surface area contributed by atoms with Gasteiger partial charge in [0.2, 0.25) is 5.89 Å². The predicted molar refractivity (Wildman–Crippen MR) is 243 cm³/mol. The van der Waals surface area contributed by atoms with Crippen molar-refractivity contribution in [2.45, 2.75) is 0 Å². The Balaban J connectivity index is 1.12. The SMILES string of the molecule is c1ccc(-c2ccc(N(c3ccc4c(c3)sc3ccccc34)c3cc4ccccc4c4c3oc3cccc(-c5cccc6oc(-c7ccccc7)nc56)c34)cc2)cc1. The highest BCUT2D eigenvalue weighted by atomic mass is 32.1. The van der Waals surface area contributed by atoms with E-state index in [9.17, 15) is 0 Å². The largest absolute Gasteiger partial charge is 0.454 e. The molecule has 0 radical (unpaired) electrons. The lowest BCUT2D eigenvalue weighted by molar-refractivity contribution is 0.620. The van der Waals surface area contributed by atoms with E-state index >= 15 is 0 Å². The summed E-state index contributed by atoms with van der Waals surface area (Å²) in [6.07, 6.45) is 0. The lowest BCUT2D eigenvalue weighted by atomic mass is 9.95. The van der Waals surface area contributed by atoms with Gasteiger partial charge in [-0.15, -0.1) is 11.3 Å². The number of hydrogen-bond donors (Lipinski definition) is 0. The minimum atomic E-state index is 0.601. The average Bonchev–Trinajstić information content (AvgIpc) is 4.01. The first-order valence-electron chi connectivity index (χ1n) is 19.4. The highest BCUT2D eigenvalue weighted by Gasteiger charge is 2.25. The molecule has 0 saturated heterocycles. The number of anilines is 3. The highest BCUT2D eigenvalue weighted by Crippen LogP contribution is 2.49. The van der Waals surface area contributed by atoms with Crippen LogP contribution in [0.1, 0.15) is 0 Å². The first-order chi connectivity index (χ1) is 28.7. The normalized spacial score (nSPS) is 11.8. The van der Waals surface area contributed by atoms with Gasteiger partial charge >= 0.3 is 0 Å². The number of aromatic nitrogens is 1. The Morgan fingerprint density at radius 1 is 0.431 bits per heavy atom. The minimum absolute atomic E-state index is 0.601. The molecule has 0 spiro atoms. The Morgan fingerprint density at radius 3 is 1.91 bits per heavy atom. The van der Waals surface area contributed by atoms with E-state index in [2.05, 4.69) is 157 Å². The quantitative estimate of drug-likeness (QED) is 0.169. The maximum Gasteiger partial charge on any atom is 0.227 e. The van der Waals surface area contributed by atoms with Crippen molar-refractivity contribution in [3.8, 4) is 33.7 Å². The van der Waals surface area contributed by atoms with E-state index in [4.69, 9.17) is 13.8 Å². The van der Waals surface area contributed by atoms with Gasteiger partial charge in [0.25, 0.3) is 0 Å². The predicted octanol–water partition coefficient (Wildman–Crippen LogP) is 15.7. The van der Waals surface area contributed by atoms with Crippen LogP contribution in [0.2, 0.25) is 0 Å². The van der Waals surface area contributed by atoms with E-state index in [0.717, 1.165) is 77.6 Å². The van der Waals surface area contributed by atoms with Gasteiger partial charge in [0.05, 0.1) is 5.69 Å². The highest BCUT2D eigenvalue weighted by molar-refractivity contribution is 7.25. The maximum atomic E-state index is 7.11. The molecule has 272 valence electrons. The van der Waals surface area contributed by atoms with Crippen LogP contribution in [0.15, 0.2) is 203 Å². The second-order valence-electron chi connectivity index (χ2n) is 14.7. The van der Waals surface area contributed by atoms with Gasteiger partial charge in [0.15, 0.2) is 11.2 Å². The van der Waals surface area contributed by atoms with Crippen LogP contribution in [0.3, 0.4) is 0 Å². The summed E-state index contributed by atoms with van der Waals surface area (Å²) in [6, 6.07) is 68.5. The summed E-state index contributed by atoms with van der Waals surface area (Å²) < 4.78 is 16.0. The molecule has 0 saturated carbocycles. The van der Waals surface area contributed by atoms with Crippen LogP contribution in [-0.4, -0.2) is 4.98 Å². The molecule has 0 atom stereocenters. The fraction of sp³-hybridized carbons (Fsp3) is 0. The number of hydrogen-bond acceptors (Lipinski definition) is 5. The van der Waals surface area contributed by atoms with E-state index in [1.807, 2.05) is 53.8 Å². The summed E-state index contributed by atoms with van der Waals surface area (Å²) in [4.78, 5) is 7.44. The fourth-order valence-electron chi connectivity index (χ4n) is 8.62. The van der Waals surface area contributed by atoms with Crippen LogP contribution in [0, 0.1) is 0 Å². The number of furan rings is 1. The third kappa shape index (κ3) is 5.18. The Kier molecular flexibility index (Phi) is 7.37. The molecule has 0 bridgehead atoms. The van der Waals surface area contributed by atoms with Gasteiger partial charge in [0.1, 0.15) is 11.1 Å². The van der Waals surface area contributed by atoms with Crippen molar-refractivity contribution in [1.29, 1.82) is 0 Å². The van der Waals surface area contributed by atoms with Gasteiger partial charge in [-0.25, -0.2) is 4.98 Å². The first kappa shape index (κ1) is 32.7. The molecular formula is C53H32N2O2S. The second-order valence-corrected chi connectivity index (χ2v) is 15.7. The first-order valence-corrected chi connectivity index (χ1v) is 20.3. The molecule has 0 unspecified atom stereocenters. The van der Waals surface area contributed by atoms with Crippen molar-refractivity contribution in [2.24, 2.45) is 0 Å². The summed E-state index contributed by atoms with van der Waals surface area (Å²) in [5.41, 5.74) is 11.6. The smallest absolute Gasteiger partial charge is 0.227 e. The molecule has 12 rings (SSSR count). The molecular weight excluding hydrogens is 729 g/mol. The molecule has 4 nitrogen and oxygen atoms in total. The van der Waals surface area contributed by atoms with Crippen molar-refractivity contribution < 1.29 is 8.83 Å². The lowest BCUT2D eigenvalue weighted by Gasteiger charge is -2.26. The molecule has 3 heterocycles. The van der Waals surface area contributed by atoms with Gasteiger partial charge in [0, 0.05) is 53.4 Å². The topological polar surface area (TPSA) is 42.4 Å². The van der Waals surface area contributed by atoms with Crippen molar-refractivity contribution in [1.82, 2.24) is 4.98 Å². The summed E-state index contributed by atoms with van der Waals surface area (Å²) in [7, 11) is 0. The number of nitrogens with zero attached hydrogens (tertiary/aromatic N) is 2. The number of fused-ring (bicyclic) bond motifs is 9. The van der Waals surface area contributed by atoms with Crippen molar-refractivity contribution in [2.75, 3.05) is 4.90 Å². The molecule has 9 aromatic carbocycles. The molecule has 0 aliphatic heterocycles. The standard InChI is InChI=1S/C53H32N2O2S/c1-3-13-33(14-4-1)34-25-27-37(28-26-34)55(38-29-30-41-40-19-9-10-24-47(40)58-48(41)32-38)44-31-36-17-7-8-18-39(36)50-49-42(20-11-22-45(49)56-52(44)50)43-21-12-23-46-51(43)54-53(57-46)35-15-5-2-6-16-35/h1-32H. The molecule has 58 heavy (non-hydrogen) atoms. The Hall–Kier alpha value is -7.47.